The highest BCUT2D eigenvalue weighted by Crippen LogP contribution is 2.52. The van der Waals surface area contributed by atoms with Gasteiger partial charge in [-0.3, -0.25) is 14.3 Å². The number of rotatable bonds is 12. The zero-order chi connectivity index (χ0) is 35.6. The van der Waals surface area contributed by atoms with Crippen LogP contribution in [0.15, 0.2) is 77.7 Å². The maximum Gasteiger partial charge on any atom is 0.233 e. The first-order valence-electron chi connectivity index (χ1n) is 15.7. The molecule has 3 aromatic rings. The van der Waals surface area contributed by atoms with Crippen LogP contribution in [0.3, 0.4) is 0 Å². The number of carbonyl (C=O) groups is 2. The van der Waals surface area contributed by atoms with Gasteiger partial charge in [-0.25, -0.2) is 17.4 Å². The molecule has 3 aromatic carbocycles. The molecule has 2 amide bonds. The van der Waals surface area contributed by atoms with Crippen molar-refractivity contribution in [3.8, 4) is 5.75 Å². The Morgan fingerprint density at radius 2 is 1.60 bits per heavy atom. The van der Waals surface area contributed by atoms with Crippen LogP contribution in [-0.4, -0.2) is 53.5 Å². The molecule has 0 bridgehead atoms. The van der Waals surface area contributed by atoms with Crippen molar-refractivity contribution in [1.29, 1.82) is 4.78 Å². The van der Waals surface area contributed by atoms with Gasteiger partial charge >= 0.3 is 0 Å². The van der Waals surface area contributed by atoms with Crippen molar-refractivity contribution in [2.24, 2.45) is 11.3 Å². The molecule has 0 spiro atoms. The van der Waals surface area contributed by atoms with Crippen molar-refractivity contribution < 1.29 is 27.0 Å². The van der Waals surface area contributed by atoms with Crippen LogP contribution in [0.4, 0.5) is 0 Å². The van der Waals surface area contributed by atoms with Crippen LogP contribution in [0.2, 0.25) is 10.0 Å². The second-order valence-electron chi connectivity index (χ2n) is 13.3. The monoisotopic (exact) mass is 735 g/mol. The SMILES string of the molecule is COc1ccc(S(=N)(=O)NC(=O)C[C@@]2(C)C[C@H](c3cccc(Cl)c3)[C@@H](c3ccc(Cl)cc3)N([C@H](CS(=O)(=O)C(C)C)C(C)C)C2=O)cc1. The number of nitrogens with one attached hydrogen (secondary N) is 2. The molecule has 1 aliphatic heterocycles. The molecule has 5 atom stereocenters. The predicted octanol–water partition coefficient (Wildman–Crippen LogP) is 7.44. The molecule has 1 heterocycles. The van der Waals surface area contributed by atoms with Crippen LogP contribution in [-0.2, 0) is 29.3 Å². The number of hydrogen-bond donors (Lipinski definition) is 2. The lowest BCUT2D eigenvalue weighted by Crippen LogP contribution is -2.59. The maximum absolute atomic E-state index is 15.0. The predicted molar refractivity (Wildman–Crippen MR) is 190 cm³/mol. The Hall–Kier alpha value is -3.12. The zero-order valence-electron chi connectivity index (χ0n) is 27.9. The summed E-state index contributed by atoms with van der Waals surface area (Å²) in [6.45, 7) is 8.66. The Morgan fingerprint density at radius 1 is 0.979 bits per heavy atom. The van der Waals surface area contributed by atoms with Gasteiger partial charge in [0.2, 0.25) is 11.8 Å². The van der Waals surface area contributed by atoms with Gasteiger partial charge in [-0.2, -0.15) is 0 Å². The summed E-state index contributed by atoms with van der Waals surface area (Å²) < 4.78 is 56.3. The van der Waals surface area contributed by atoms with Crippen LogP contribution < -0.4 is 9.46 Å². The summed E-state index contributed by atoms with van der Waals surface area (Å²) in [5.41, 5.74) is 0.193. The number of carbonyl (C=O) groups excluding carboxylic acids is 2. The van der Waals surface area contributed by atoms with E-state index in [0.717, 1.165) is 11.1 Å². The maximum atomic E-state index is 15.0. The minimum absolute atomic E-state index is 0.0803. The minimum Gasteiger partial charge on any atom is -0.497 e. The summed E-state index contributed by atoms with van der Waals surface area (Å²) >= 11 is 12.8. The molecule has 9 nitrogen and oxygen atoms in total. The summed E-state index contributed by atoms with van der Waals surface area (Å²) in [6, 6.07) is 19.0. The third-order valence-electron chi connectivity index (χ3n) is 9.04. The fourth-order valence-electron chi connectivity index (χ4n) is 6.31. The Balaban J connectivity index is 1.85. The molecule has 4 rings (SSSR count). The largest absolute Gasteiger partial charge is 0.497 e. The van der Waals surface area contributed by atoms with Gasteiger partial charge in [-0.15, -0.1) is 0 Å². The first-order chi connectivity index (χ1) is 22.4. The summed E-state index contributed by atoms with van der Waals surface area (Å²) in [7, 11) is -5.92. The lowest BCUT2D eigenvalue weighted by molar-refractivity contribution is -0.157. The summed E-state index contributed by atoms with van der Waals surface area (Å²) in [5.74, 6) is -1.63. The molecule has 0 aliphatic carbocycles. The zero-order valence-corrected chi connectivity index (χ0v) is 31.1. The molecular formula is C35H43Cl2N3O6S2. The number of likely N-dealkylation sites (tertiary alicyclic amines) is 1. The number of nitrogens with zero attached hydrogens (tertiary/aromatic N) is 1. The van der Waals surface area contributed by atoms with E-state index in [9.17, 15) is 22.2 Å². The number of hydrogen-bond acceptors (Lipinski definition) is 7. The van der Waals surface area contributed by atoms with E-state index in [1.165, 1.54) is 19.2 Å². The van der Waals surface area contributed by atoms with E-state index < -0.39 is 60.2 Å². The Morgan fingerprint density at radius 3 is 2.15 bits per heavy atom. The van der Waals surface area contributed by atoms with Crippen LogP contribution in [0.25, 0.3) is 0 Å². The molecule has 0 saturated carbocycles. The van der Waals surface area contributed by atoms with Crippen molar-refractivity contribution in [3.05, 3.63) is 94.0 Å². The molecule has 1 saturated heterocycles. The van der Waals surface area contributed by atoms with Gasteiger partial charge in [0.15, 0.2) is 19.8 Å². The molecule has 0 radical (unpaired) electrons. The third kappa shape index (κ3) is 8.35. The Labute approximate surface area is 294 Å². The minimum atomic E-state index is -3.77. The molecule has 1 unspecified atom stereocenters. The van der Waals surface area contributed by atoms with Gasteiger partial charge in [0.1, 0.15) is 5.75 Å². The average Bonchev–Trinajstić information content (AvgIpc) is 3.01. The molecule has 2 N–H and O–H groups in total. The number of amides is 2. The van der Waals surface area contributed by atoms with E-state index in [-0.39, 0.29) is 29.4 Å². The number of halogens is 2. The van der Waals surface area contributed by atoms with E-state index in [0.29, 0.717) is 15.8 Å². The molecule has 48 heavy (non-hydrogen) atoms. The number of ether oxygens (including phenoxy) is 1. The van der Waals surface area contributed by atoms with Crippen molar-refractivity contribution in [2.75, 3.05) is 12.9 Å². The average molecular weight is 737 g/mol. The number of sulfone groups is 1. The summed E-state index contributed by atoms with van der Waals surface area (Å²) in [6.07, 6.45) is -0.201. The standard InChI is InChI=1S/C35H43Cl2N3O6S2/c1-22(2)31(21-47(43,44)23(3)4)40-33(24-10-12-26(36)13-11-24)30(25-8-7-9-27(37)18-25)19-35(5,34(40)42)20-32(41)39-48(38,45)29-16-14-28(46-6)15-17-29/h7-18,22-23,30-31,33H,19-21H2,1-6H3,(H2,38,39,41,45)/t30-,31-,33-,35-,48?/m1/s1. The van der Waals surface area contributed by atoms with Crippen LogP contribution in [0.5, 0.6) is 5.75 Å². The van der Waals surface area contributed by atoms with Crippen molar-refractivity contribution in [1.82, 2.24) is 9.62 Å². The van der Waals surface area contributed by atoms with Gasteiger partial charge in [-0.1, -0.05) is 68.2 Å². The van der Waals surface area contributed by atoms with Crippen molar-refractivity contribution in [3.63, 3.8) is 0 Å². The third-order valence-corrected chi connectivity index (χ3v) is 13.2. The number of methoxy groups -OCH3 is 1. The topological polar surface area (TPSA) is 134 Å². The lowest BCUT2D eigenvalue weighted by atomic mass is 9.66. The second kappa shape index (κ2) is 14.8. The lowest BCUT2D eigenvalue weighted by Gasteiger charge is -2.53. The first-order valence-corrected chi connectivity index (χ1v) is 19.7. The summed E-state index contributed by atoms with van der Waals surface area (Å²) in [5, 5.41) is 0.324. The quantitative estimate of drug-likeness (QED) is 0.199. The van der Waals surface area contributed by atoms with Gasteiger partial charge < -0.3 is 9.64 Å². The molecule has 260 valence electrons. The highest BCUT2D eigenvalue weighted by molar-refractivity contribution is 7.92. The smallest absolute Gasteiger partial charge is 0.233 e. The normalized spacial score (nSPS) is 22.0. The second-order valence-corrected chi connectivity index (χ2v) is 18.5. The van der Waals surface area contributed by atoms with E-state index in [1.807, 2.05) is 44.2 Å². The van der Waals surface area contributed by atoms with E-state index in [4.69, 9.17) is 32.7 Å². The van der Waals surface area contributed by atoms with Gasteiger partial charge in [0.05, 0.1) is 34.5 Å². The van der Waals surface area contributed by atoms with Gasteiger partial charge in [-0.05, 0) is 85.8 Å². The number of benzene rings is 3. The molecule has 1 aliphatic rings. The number of piperidine rings is 1. The Bertz CT molecular complexity index is 1850. The molecule has 13 heteroatoms. The van der Waals surface area contributed by atoms with Crippen molar-refractivity contribution in [2.45, 2.75) is 75.6 Å². The van der Waals surface area contributed by atoms with Crippen LogP contribution in [0, 0.1) is 16.1 Å². The highest BCUT2D eigenvalue weighted by Gasteiger charge is 2.53. The first kappa shape index (κ1) is 37.7. The Kier molecular flexibility index (Phi) is 11.6. The molecule has 1 fully saturated rings. The molecular weight excluding hydrogens is 693 g/mol. The molecule has 0 aromatic heterocycles. The van der Waals surface area contributed by atoms with Crippen molar-refractivity contribution >= 4 is 54.8 Å². The van der Waals surface area contributed by atoms with Gasteiger partial charge in [0.25, 0.3) is 0 Å². The van der Waals surface area contributed by atoms with Crippen LogP contribution >= 0.6 is 23.2 Å². The fourth-order valence-corrected chi connectivity index (χ4v) is 9.07. The van der Waals surface area contributed by atoms with Gasteiger partial charge in [0, 0.05) is 28.4 Å². The van der Waals surface area contributed by atoms with E-state index in [2.05, 4.69) is 4.72 Å². The van der Waals surface area contributed by atoms with Crippen LogP contribution in [0.1, 0.15) is 70.5 Å². The van der Waals surface area contributed by atoms with E-state index >= 15 is 0 Å². The highest BCUT2D eigenvalue weighted by atomic mass is 35.5. The summed E-state index contributed by atoms with van der Waals surface area (Å²) in [4.78, 5) is 30.3. The fraction of sp³-hybridized carbons (Fsp3) is 0.429. The van der Waals surface area contributed by atoms with E-state index in [1.54, 1.807) is 56.0 Å².